The van der Waals surface area contributed by atoms with E-state index in [1.807, 2.05) is 32.9 Å². The summed E-state index contributed by atoms with van der Waals surface area (Å²) in [4.78, 5) is 40.0. The van der Waals surface area contributed by atoms with Gasteiger partial charge < -0.3 is 44.0 Å². The molecule has 0 spiro atoms. The number of carbonyl (C=O) groups is 3. The lowest BCUT2D eigenvalue weighted by molar-refractivity contribution is 0.0150. The van der Waals surface area contributed by atoms with Crippen LogP contribution in [0.2, 0.25) is 5.02 Å². The number of likely N-dealkylation sites (N-methyl/N-ethyl adjacent to an activating group) is 1. The molecule has 2 aromatic rings. The summed E-state index contributed by atoms with van der Waals surface area (Å²) in [6, 6.07) is 12.1. The van der Waals surface area contributed by atoms with Crippen LogP contribution in [0.3, 0.4) is 0 Å². The van der Waals surface area contributed by atoms with Gasteiger partial charge >= 0.3 is 12.2 Å². The number of nitrogens with one attached hydrogen (secondary N) is 2. The van der Waals surface area contributed by atoms with Crippen LogP contribution in [0.1, 0.15) is 67.6 Å². The fourth-order valence-corrected chi connectivity index (χ4v) is 5.43. The number of alkyl carbamates (subject to hydrolysis) is 1. The van der Waals surface area contributed by atoms with Gasteiger partial charge in [-0.3, -0.25) is 4.79 Å². The summed E-state index contributed by atoms with van der Waals surface area (Å²) in [5, 5.41) is 6.17. The lowest BCUT2D eigenvalue weighted by atomic mass is 9.92. The van der Waals surface area contributed by atoms with Gasteiger partial charge in [0.25, 0.3) is 5.91 Å². The molecule has 1 saturated heterocycles. The Hall–Kier alpha value is -3.58. The van der Waals surface area contributed by atoms with Crippen molar-refractivity contribution in [2.24, 2.45) is 5.92 Å². The number of hydrogen-bond acceptors (Lipinski definition) is 9. The fraction of sp³-hybridized carbons (Fsp3) is 0.571. The summed E-state index contributed by atoms with van der Waals surface area (Å²) >= 11 is 6.34. The highest BCUT2D eigenvalue weighted by Crippen LogP contribution is 2.32. The first-order valence-electron chi connectivity index (χ1n) is 16.2. The molecule has 48 heavy (non-hydrogen) atoms. The summed E-state index contributed by atoms with van der Waals surface area (Å²) < 4.78 is 33.2. The largest absolute Gasteiger partial charge is 0.491 e. The van der Waals surface area contributed by atoms with Gasteiger partial charge in [0.1, 0.15) is 24.1 Å². The summed E-state index contributed by atoms with van der Waals surface area (Å²) in [7, 11) is 4.57. The highest BCUT2D eigenvalue weighted by Gasteiger charge is 2.29. The first-order valence-corrected chi connectivity index (χ1v) is 16.5. The molecule has 1 aliphatic heterocycles. The maximum absolute atomic E-state index is 13.8. The molecule has 0 radical (unpaired) electrons. The van der Waals surface area contributed by atoms with Crippen molar-refractivity contribution in [2.45, 2.75) is 57.8 Å². The predicted octanol–water partition coefficient (Wildman–Crippen LogP) is 5.61. The summed E-state index contributed by atoms with van der Waals surface area (Å²) in [6.07, 6.45) is 0.786. The van der Waals surface area contributed by atoms with Gasteiger partial charge in [0.15, 0.2) is 0 Å². The second kappa shape index (κ2) is 19.4. The van der Waals surface area contributed by atoms with Gasteiger partial charge in [0, 0.05) is 51.0 Å². The van der Waals surface area contributed by atoms with Gasteiger partial charge in [0.05, 0.1) is 26.4 Å². The molecular formula is C35H50ClN3O9. The number of benzene rings is 2. The van der Waals surface area contributed by atoms with Gasteiger partial charge in [-0.25, -0.2) is 9.59 Å². The van der Waals surface area contributed by atoms with Crippen LogP contribution in [0.15, 0.2) is 42.5 Å². The number of nitrogens with zero attached hydrogens (tertiary/aromatic N) is 1. The van der Waals surface area contributed by atoms with E-state index in [2.05, 4.69) is 15.4 Å². The zero-order chi connectivity index (χ0) is 35.1. The van der Waals surface area contributed by atoms with Crippen molar-refractivity contribution in [1.82, 2.24) is 15.5 Å². The molecule has 1 unspecified atom stereocenters. The Balaban J connectivity index is 1.89. The fourth-order valence-electron chi connectivity index (χ4n) is 5.23. The molecule has 0 aromatic heterocycles. The van der Waals surface area contributed by atoms with Crippen molar-refractivity contribution in [3.63, 3.8) is 0 Å². The molecule has 3 amide bonds. The first kappa shape index (κ1) is 38.9. The number of rotatable bonds is 16. The Kier molecular flexibility index (Phi) is 15.7. The van der Waals surface area contributed by atoms with Crippen LogP contribution in [0.4, 0.5) is 9.59 Å². The SMILES string of the molecule is COCCOc1cc(C(=O)NC[C@H](CC2CCOCC2)N(C)C(=O)OC(C)(C)C)cc(C(OCCNC(=O)OC)c2cccc(Cl)c2)c1. The van der Waals surface area contributed by atoms with Gasteiger partial charge in [-0.05, 0) is 87.4 Å². The van der Waals surface area contributed by atoms with Crippen LogP contribution in [-0.2, 0) is 23.7 Å². The monoisotopic (exact) mass is 691 g/mol. The lowest BCUT2D eigenvalue weighted by Gasteiger charge is -2.34. The maximum Gasteiger partial charge on any atom is 0.410 e. The first-order chi connectivity index (χ1) is 22.9. The van der Waals surface area contributed by atoms with Crippen LogP contribution >= 0.6 is 11.6 Å². The zero-order valence-corrected chi connectivity index (χ0v) is 29.6. The third-order valence-electron chi connectivity index (χ3n) is 7.72. The van der Waals surface area contributed by atoms with E-state index < -0.39 is 23.9 Å². The molecular weight excluding hydrogens is 642 g/mol. The number of hydrogen-bond donors (Lipinski definition) is 2. The van der Waals surface area contributed by atoms with Crippen LogP contribution in [-0.4, -0.2) is 102 Å². The van der Waals surface area contributed by atoms with Crippen molar-refractivity contribution >= 4 is 29.7 Å². The molecule has 0 bridgehead atoms. The van der Waals surface area contributed by atoms with Crippen molar-refractivity contribution < 1.29 is 42.8 Å². The molecule has 2 aromatic carbocycles. The molecule has 1 heterocycles. The van der Waals surface area contributed by atoms with Gasteiger partial charge in [0.2, 0.25) is 0 Å². The highest BCUT2D eigenvalue weighted by atomic mass is 35.5. The van der Waals surface area contributed by atoms with Crippen molar-refractivity contribution in [1.29, 1.82) is 0 Å². The van der Waals surface area contributed by atoms with Crippen LogP contribution in [0.25, 0.3) is 0 Å². The molecule has 3 rings (SSSR count). The summed E-state index contributed by atoms with van der Waals surface area (Å²) in [6.45, 7) is 7.98. The number of ether oxygens (including phenoxy) is 6. The van der Waals surface area contributed by atoms with Crippen LogP contribution < -0.4 is 15.4 Å². The number of methoxy groups -OCH3 is 2. The molecule has 13 heteroatoms. The molecule has 12 nitrogen and oxygen atoms in total. The predicted molar refractivity (Wildman–Crippen MR) is 182 cm³/mol. The van der Waals surface area contributed by atoms with Gasteiger partial charge in [-0.1, -0.05) is 23.7 Å². The standard InChI is InChI=1S/C35H50ClN3O9/c1-35(2,3)48-34(42)39(4)29(18-24-10-13-45-14-11-24)23-38-32(40)27-19-26(21-30(22-27)46-17-16-43-5)31(25-8-7-9-28(36)20-25)47-15-12-37-33(41)44-6/h7-9,19-22,24,29,31H,10-18,23H2,1-6H3,(H,37,41)(H,38,40)/t29-,31?/m0/s1. The van der Waals surface area contributed by atoms with Crippen molar-refractivity contribution in [3.8, 4) is 5.75 Å². The Morgan fingerprint density at radius 1 is 1.00 bits per heavy atom. The second-order valence-corrected chi connectivity index (χ2v) is 13.0. The molecule has 2 N–H and O–H groups in total. The number of halogens is 1. The topological polar surface area (TPSA) is 134 Å². The van der Waals surface area contributed by atoms with Crippen LogP contribution in [0.5, 0.6) is 5.75 Å². The number of amides is 3. The van der Waals surface area contributed by atoms with Crippen LogP contribution in [0, 0.1) is 5.92 Å². The molecule has 1 aliphatic rings. The van der Waals surface area contributed by atoms with Crippen molar-refractivity contribution in [2.75, 3.05) is 67.4 Å². The molecule has 1 fully saturated rings. The highest BCUT2D eigenvalue weighted by molar-refractivity contribution is 6.30. The minimum absolute atomic E-state index is 0.146. The van der Waals surface area contributed by atoms with Gasteiger partial charge in [-0.2, -0.15) is 0 Å². The Labute approximate surface area is 288 Å². The van der Waals surface area contributed by atoms with E-state index in [0.29, 0.717) is 54.1 Å². The average molecular weight is 692 g/mol. The van der Waals surface area contributed by atoms with Crippen molar-refractivity contribution in [3.05, 3.63) is 64.2 Å². The van der Waals surface area contributed by atoms with E-state index >= 15 is 0 Å². The summed E-state index contributed by atoms with van der Waals surface area (Å²) in [5.41, 5.74) is 1.07. The minimum atomic E-state index is -0.658. The number of carbonyl (C=O) groups excluding carboxylic acids is 3. The smallest absolute Gasteiger partial charge is 0.410 e. The second-order valence-electron chi connectivity index (χ2n) is 12.6. The Bertz CT molecular complexity index is 1330. The average Bonchev–Trinajstić information content (AvgIpc) is 3.05. The quantitative estimate of drug-likeness (QED) is 0.216. The van der Waals surface area contributed by atoms with E-state index in [9.17, 15) is 14.4 Å². The van der Waals surface area contributed by atoms with E-state index in [0.717, 1.165) is 18.4 Å². The molecule has 2 atom stereocenters. The normalized spacial score (nSPS) is 14.8. The third-order valence-corrected chi connectivity index (χ3v) is 7.95. The third kappa shape index (κ3) is 13.1. The van der Waals surface area contributed by atoms with E-state index in [1.54, 1.807) is 49.4 Å². The Morgan fingerprint density at radius 2 is 1.75 bits per heavy atom. The Morgan fingerprint density at radius 3 is 2.42 bits per heavy atom. The van der Waals surface area contributed by atoms with E-state index in [1.165, 1.54) is 7.11 Å². The van der Waals surface area contributed by atoms with E-state index in [-0.39, 0.29) is 38.3 Å². The molecule has 0 saturated carbocycles. The maximum atomic E-state index is 13.8. The lowest BCUT2D eigenvalue weighted by Crippen LogP contribution is -2.47. The summed E-state index contributed by atoms with van der Waals surface area (Å²) in [5.74, 6) is 0.446. The molecule has 266 valence electrons. The van der Waals surface area contributed by atoms with Gasteiger partial charge in [-0.15, -0.1) is 0 Å². The zero-order valence-electron chi connectivity index (χ0n) is 28.8. The molecule has 0 aliphatic carbocycles. The minimum Gasteiger partial charge on any atom is -0.491 e. The van der Waals surface area contributed by atoms with E-state index in [4.69, 9.17) is 35.3 Å².